The second kappa shape index (κ2) is 5.46. The maximum absolute atomic E-state index is 10.9. The number of piperidine rings is 1. The fraction of sp³-hybridized carbons (Fsp3) is 0.533. The van der Waals surface area contributed by atoms with E-state index < -0.39 is 0 Å². The van der Waals surface area contributed by atoms with E-state index in [1.807, 2.05) is 0 Å². The molecule has 0 amide bonds. The lowest BCUT2D eigenvalue weighted by Gasteiger charge is -2.30. The Morgan fingerprint density at radius 3 is 3.00 bits per heavy atom. The van der Waals surface area contributed by atoms with Gasteiger partial charge in [-0.05, 0) is 44.4 Å². The highest BCUT2D eigenvalue weighted by Gasteiger charge is 2.19. The van der Waals surface area contributed by atoms with Gasteiger partial charge in [-0.25, -0.2) is 0 Å². The van der Waals surface area contributed by atoms with E-state index in [-0.39, 0.29) is 5.92 Å². The number of benzene rings is 1. The number of nitrogens with zero attached hydrogens (tertiary/aromatic N) is 1. The van der Waals surface area contributed by atoms with E-state index in [2.05, 4.69) is 36.9 Å². The van der Waals surface area contributed by atoms with Crippen LogP contribution in [0.3, 0.4) is 0 Å². The summed E-state index contributed by atoms with van der Waals surface area (Å²) in [5.74, 6) is 0.244. The molecule has 1 aromatic carbocycles. The standard InChI is InChI=1S/C15H21NO/c1-12-5-6-13(2)15(8-12)10-16-7-3-4-14(9-16)11-17/h5-6,8,11,14H,3-4,7,9-10H2,1-2H3. The summed E-state index contributed by atoms with van der Waals surface area (Å²) in [6.45, 7) is 7.33. The smallest absolute Gasteiger partial charge is 0.124 e. The van der Waals surface area contributed by atoms with Crippen molar-refractivity contribution in [2.75, 3.05) is 13.1 Å². The highest BCUT2D eigenvalue weighted by atomic mass is 16.1. The number of aldehydes is 1. The summed E-state index contributed by atoms with van der Waals surface area (Å²) in [6.07, 6.45) is 3.33. The van der Waals surface area contributed by atoms with Crippen molar-refractivity contribution in [1.82, 2.24) is 4.90 Å². The van der Waals surface area contributed by atoms with Gasteiger partial charge in [0, 0.05) is 19.0 Å². The summed E-state index contributed by atoms with van der Waals surface area (Å²) in [7, 11) is 0. The van der Waals surface area contributed by atoms with E-state index in [0.29, 0.717) is 0 Å². The maximum Gasteiger partial charge on any atom is 0.124 e. The summed E-state index contributed by atoms with van der Waals surface area (Å²) < 4.78 is 0. The first-order valence-electron chi connectivity index (χ1n) is 6.43. The van der Waals surface area contributed by atoms with Crippen LogP contribution >= 0.6 is 0 Å². The zero-order valence-electron chi connectivity index (χ0n) is 10.8. The first-order chi connectivity index (χ1) is 8.19. The number of carbonyl (C=O) groups is 1. The Kier molecular flexibility index (Phi) is 3.95. The van der Waals surface area contributed by atoms with Crippen molar-refractivity contribution in [3.8, 4) is 0 Å². The minimum atomic E-state index is 0.244. The molecule has 1 saturated heterocycles. The predicted molar refractivity (Wildman–Crippen MR) is 70.0 cm³/mol. The third kappa shape index (κ3) is 3.16. The molecule has 1 aliphatic heterocycles. The van der Waals surface area contributed by atoms with Gasteiger partial charge in [-0.15, -0.1) is 0 Å². The van der Waals surface area contributed by atoms with Crippen LogP contribution in [-0.4, -0.2) is 24.3 Å². The van der Waals surface area contributed by atoms with Gasteiger partial charge in [-0.2, -0.15) is 0 Å². The average molecular weight is 231 g/mol. The Morgan fingerprint density at radius 1 is 1.41 bits per heavy atom. The van der Waals surface area contributed by atoms with Crippen LogP contribution in [-0.2, 0) is 11.3 Å². The van der Waals surface area contributed by atoms with Gasteiger partial charge in [0.1, 0.15) is 6.29 Å². The molecule has 1 heterocycles. The first kappa shape index (κ1) is 12.3. The monoisotopic (exact) mass is 231 g/mol. The molecular formula is C15H21NO. The molecule has 0 spiro atoms. The van der Waals surface area contributed by atoms with Crippen molar-refractivity contribution in [3.63, 3.8) is 0 Å². The molecule has 0 saturated carbocycles. The normalized spacial score (nSPS) is 21.4. The van der Waals surface area contributed by atoms with E-state index in [0.717, 1.165) is 38.8 Å². The largest absolute Gasteiger partial charge is 0.303 e. The summed E-state index contributed by atoms with van der Waals surface area (Å²) in [5.41, 5.74) is 4.06. The third-order valence-corrected chi connectivity index (χ3v) is 3.63. The van der Waals surface area contributed by atoms with Crippen molar-refractivity contribution < 1.29 is 4.79 Å². The van der Waals surface area contributed by atoms with Crippen molar-refractivity contribution in [2.45, 2.75) is 33.2 Å². The number of carbonyl (C=O) groups excluding carboxylic acids is 1. The highest BCUT2D eigenvalue weighted by Crippen LogP contribution is 2.19. The van der Waals surface area contributed by atoms with Gasteiger partial charge in [0.15, 0.2) is 0 Å². The molecule has 2 nitrogen and oxygen atoms in total. The van der Waals surface area contributed by atoms with Gasteiger partial charge in [0.25, 0.3) is 0 Å². The number of likely N-dealkylation sites (tertiary alicyclic amines) is 1. The molecule has 1 unspecified atom stereocenters. The second-order valence-electron chi connectivity index (χ2n) is 5.20. The van der Waals surface area contributed by atoms with Crippen molar-refractivity contribution in [2.24, 2.45) is 5.92 Å². The number of hydrogen-bond donors (Lipinski definition) is 0. The summed E-state index contributed by atoms with van der Waals surface area (Å²) >= 11 is 0. The van der Waals surface area contributed by atoms with E-state index in [9.17, 15) is 4.79 Å². The minimum absolute atomic E-state index is 0.244. The van der Waals surface area contributed by atoms with Crippen LogP contribution in [0.2, 0.25) is 0 Å². The van der Waals surface area contributed by atoms with Crippen LogP contribution in [0.1, 0.15) is 29.5 Å². The number of hydrogen-bond acceptors (Lipinski definition) is 2. The molecule has 2 rings (SSSR count). The van der Waals surface area contributed by atoms with Gasteiger partial charge in [-0.3, -0.25) is 4.90 Å². The minimum Gasteiger partial charge on any atom is -0.303 e. The number of aryl methyl sites for hydroxylation is 2. The van der Waals surface area contributed by atoms with Gasteiger partial charge in [-0.1, -0.05) is 23.8 Å². The van der Waals surface area contributed by atoms with E-state index >= 15 is 0 Å². The van der Waals surface area contributed by atoms with Crippen LogP contribution in [0.25, 0.3) is 0 Å². The molecule has 2 heteroatoms. The van der Waals surface area contributed by atoms with E-state index in [1.165, 1.54) is 16.7 Å². The zero-order chi connectivity index (χ0) is 12.3. The van der Waals surface area contributed by atoms with Crippen molar-refractivity contribution in [3.05, 3.63) is 34.9 Å². The summed E-state index contributed by atoms with van der Waals surface area (Å²) in [5, 5.41) is 0. The van der Waals surface area contributed by atoms with Gasteiger partial charge in [0.05, 0.1) is 0 Å². The van der Waals surface area contributed by atoms with Crippen LogP contribution in [0.4, 0.5) is 0 Å². The zero-order valence-corrected chi connectivity index (χ0v) is 10.8. The molecule has 0 N–H and O–H groups in total. The van der Waals surface area contributed by atoms with E-state index in [1.54, 1.807) is 0 Å². The lowest BCUT2D eigenvalue weighted by atomic mass is 9.98. The van der Waals surface area contributed by atoms with Crippen molar-refractivity contribution in [1.29, 1.82) is 0 Å². The van der Waals surface area contributed by atoms with Gasteiger partial charge in [0.2, 0.25) is 0 Å². The molecule has 0 aliphatic carbocycles. The average Bonchev–Trinajstić information content (AvgIpc) is 2.34. The molecule has 1 aliphatic rings. The first-order valence-corrected chi connectivity index (χ1v) is 6.43. The summed E-state index contributed by atoms with van der Waals surface area (Å²) in [6, 6.07) is 6.61. The van der Waals surface area contributed by atoms with Gasteiger partial charge < -0.3 is 4.79 Å². The Hall–Kier alpha value is -1.15. The third-order valence-electron chi connectivity index (χ3n) is 3.63. The molecular weight excluding hydrogens is 210 g/mol. The highest BCUT2D eigenvalue weighted by molar-refractivity contribution is 5.54. The Labute approximate surface area is 104 Å². The van der Waals surface area contributed by atoms with Crippen LogP contribution in [0, 0.1) is 19.8 Å². The molecule has 0 radical (unpaired) electrons. The Morgan fingerprint density at radius 2 is 2.24 bits per heavy atom. The van der Waals surface area contributed by atoms with Gasteiger partial charge >= 0.3 is 0 Å². The molecule has 1 fully saturated rings. The van der Waals surface area contributed by atoms with Crippen molar-refractivity contribution >= 4 is 6.29 Å². The topological polar surface area (TPSA) is 20.3 Å². The molecule has 1 aromatic rings. The lowest BCUT2D eigenvalue weighted by Crippen LogP contribution is -2.35. The van der Waals surface area contributed by atoms with Crippen LogP contribution in [0.15, 0.2) is 18.2 Å². The molecule has 0 bridgehead atoms. The van der Waals surface area contributed by atoms with E-state index in [4.69, 9.17) is 0 Å². The van der Waals surface area contributed by atoms with Crippen LogP contribution < -0.4 is 0 Å². The predicted octanol–water partition coefficient (Wildman–Crippen LogP) is 2.71. The molecule has 17 heavy (non-hydrogen) atoms. The maximum atomic E-state index is 10.9. The lowest BCUT2D eigenvalue weighted by molar-refractivity contribution is -0.112. The SMILES string of the molecule is Cc1ccc(C)c(CN2CCCC(C=O)C2)c1. The molecule has 92 valence electrons. The summed E-state index contributed by atoms with van der Waals surface area (Å²) in [4.78, 5) is 13.3. The Balaban J connectivity index is 2.04. The fourth-order valence-electron chi connectivity index (χ4n) is 2.56. The molecule has 1 atom stereocenters. The van der Waals surface area contributed by atoms with Crippen LogP contribution in [0.5, 0.6) is 0 Å². The number of rotatable bonds is 3. The quantitative estimate of drug-likeness (QED) is 0.745. The fourth-order valence-corrected chi connectivity index (χ4v) is 2.56. The Bertz CT molecular complexity index is 400. The molecule has 0 aromatic heterocycles. The second-order valence-corrected chi connectivity index (χ2v) is 5.20.